The van der Waals surface area contributed by atoms with Crippen LogP contribution in [0.5, 0.6) is 0 Å². The third-order valence-corrected chi connectivity index (χ3v) is 3.12. The van der Waals surface area contributed by atoms with Crippen molar-refractivity contribution < 1.29 is 0 Å². The Kier molecular flexibility index (Phi) is 3.20. The van der Waals surface area contributed by atoms with E-state index in [2.05, 4.69) is 36.5 Å². The fourth-order valence-corrected chi connectivity index (χ4v) is 2.19. The zero-order chi connectivity index (χ0) is 9.80. The van der Waals surface area contributed by atoms with Gasteiger partial charge in [-0.1, -0.05) is 29.8 Å². The monoisotopic (exact) mass is 189 g/mol. The van der Waals surface area contributed by atoms with Crippen LogP contribution in [0, 0.1) is 6.92 Å². The van der Waals surface area contributed by atoms with Crippen LogP contribution in [0.3, 0.4) is 0 Å². The van der Waals surface area contributed by atoms with Gasteiger partial charge in [0, 0.05) is 0 Å². The molecule has 1 nitrogen and oxygen atoms in total. The summed E-state index contributed by atoms with van der Waals surface area (Å²) in [5.41, 5.74) is 2.89. The van der Waals surface area contributed by atoms with Gasteiger partial charge in [0.1, 0.15) is 0 Å². The number of hydrogen-bond donors (Lipinski definition) is 1. The highest BCUT2D eigenvalue weighted by atomic mass is 14.8. The van der Waals surface area contributed by atoms with E-state index in [1.165, 1.54) is 43.5 Å². The Morgan fingerprint density at radius 2 is 1.86 bits per heavy atom. The van der Waals surface area contributed by atoms with Crippen molar-refractivity contribution in [2.75, 3.05) is 13.1 Å². The molecule has 1 aromatic carbocycles. The quantitative estimate of drug-likeness (QED) is 0.716. The highest BCUT2D eigenvalue weighted by Gasteiger charge is 2.13. The van der Waals surface area contributed by atoms with Crippen LogP contribution in [0.15, 0.2) is 24.3 Å². The molecule has 1 unspecified atom stereocenters. The average Bonchev–Trinajstić information content (AvgIpc) is 2.47. The molecule has 0 radical (unpaired) electrons. The lowest BCUT2D eigenvalue weighted by Gasteiger charge is -2.13. The summed E-state index contributed by atoms with van der Waals surface area (Å²) in [5, 5.41) is 3.46. The molecule has 0 aromatic heterocycles. The summed E-state index contributed by atoms with van der Waals surface area (Å²) in [6.07, 6.45) is 3.96. The van der Waals surface area contributed by atoms with Crippen LogP contribution in [-0.4, -0.2) is 13.1 Å². The topological polar surface area (TPSA) is 12.0 Å². The van der Waals surface area contributed by atoms with Gasteiger partial charge in [-0.15, -0.1) is 0 Å². The van der Waals surface area contributed by atoms with E-state index in [1.807, 2.05) is 0 Å². The second kappa shape index (κ2) is 4.61. The molecule has 1 saturated heterocycles. The van der Waals surface area contributed by atoms with Crippen LogP contribution < -0.4 is 5.32 Å². The third-order valence-electron chi connectivity index (χ3n) is 3.12. The van der Waals surface area contributed by atoms with E-state index in [0.29, 0.717) is 0 Å². The molecule has 2 rings (SSSR count). The second-order valence-corrected chi connectivity index (χ2v) is 4.29. The maximum Gasteiger partial charge on any atom is -0.00431 e. The summed E-state index contributed by atoms with van der Waals surface area (Å²) in [7, 11) is 0. The van der Waals surface area contributed by atoms with E-state index in [0.717, 1.165) is 5.92 Å². The van der Waals surface area contributed by atoms with Crippen molar-refractivity contribution >= 4 is 0 Å². The van der Waals surface area contributed by atoms with Crippen LogP contribution >= 0.6 is 0 Å². The largest absolute Gasteiger partial charge is 0.317 e. The van der Waals surface area contributed by atoms with Gasteiger partial charge in [-0.25, -0.2) is 0 Å². The molecule has 1 aliphatic rings. The predicted molar refractivity (Wildman–Crippen MR) is 60.6 cm³/mol. The van der Waals surface area contributed by atoms with Crippen molar-refractivity contribution in [3.63, 3.8) is 0 Å². The van der Waals surface area contributed by atoms with E-state index >= 15 is 0 Å². The molecule has 1 fully saturated rings. The Bertz CT molecular complexity index is 268. The van der Waals surface area contributed by atoms with Crippen molar-refractivity contribution in [2.24, 2.45) is 0 Å². The first kappa shape index (κ1) is 9.72. The van der Waals surface area contributed by atoms with Gasteiger partial charge in [0.25, 0.3) is 0 Å². The van der Waals surface area contributed by atoms with Crippen LogP contribution in [0.2, 0.25) is 0 Å². The molecule has 0 spiro atoms. The predicted octanol–water partition coefficient (Wildman–Crippen LogP) is 2.85. The first-order valence-corrected chi connectivity index (χ1v) is 5.63. The molecule has 0 bridgehead atoms. The summed E-state index contributed by atoms with van der Waals surface area (Å²) in [4.78, 5) is 0. The Morgan fingerprint density at radius 1 is 1.07 bits per heavy atom. The normalized spacial score (nSPS) is 23.1. The molecule has 1 N–H and O–H groups in total. The first-order chi connectivity index (χ1) is 6.86. The van der Waals surface area contributed by atoms with Crippen LogP contribution in [-0.2, 0) is 0 Å². The molecule has 0 saturated carbocycles. The van der Waals surface area contributed by atoms with Crippen LogP contribution in [0.25, 0.3) is 0 Å². The SMILES string of the molecule is Cc1ccc(C2CCCNCC2)cc1. The summed E-state index contributed by atoms with van der Waals surface area (Å²) >= 11 is 0. The molecule has 1 atom stereocenters. The van der Waals surface area contributed by atoms with Crippen molar-refractivity contribution in [1.29, 1.82) is 0 Å². The van der Waals surface area contributed by atoms with Gasteiger partial charge in [0.05, 0.1) is 0 Å². The lowest BCUT2D eigenvalue weighted by molar-refractivity contribution is 0.609. The number of hydrogen-bond acceptors (Lipinski definition) is 1. The maximum atomic E-state index is 3.46. The van der Waals surface area contributed by atoms with E-state index in [9.17, 15) is 0 Å². The Hall–Kier alpha value is -0.820. The molecule has 1 aromatic rings. The minimum atomic E-state index is 0.783. The molecule has 1 aliphatic heterocycles. The van der Waals surface area contributed by atoms with E-state index in [-0.39, 0.29) is 0 Å². The lowest BCUT2D eigenvalue weighted by atomic mass is 9.92. The lowest BCUT2D eigenvalue weighted by Crippen LogP contribution is -2.13. The van der Waals surface area contributed by atoms with E-state index < -0.39 is 0 Å². The van der Waals surface area contributed by atoms with Gasteiger partial charge in [-0.3, -0.25) is 0 Å². The summed E-state index contributed by atoms with van der Waals surface area (Å²) in [5.74, 6) is 0.783. The van der Waals surface area contributed by atoms with Gasteiger partial charge in [-0.05, 0) is 50.8 Å². The summed E-state index contributed by atoms with van der Waals surface area (Å²) in [6, 6.07) is 9.05. The van der Waals surface area contributed by atoms with Crippen LogP contribution in [0.1, 0.15) is 36.3 Å². The molecule has 1 heterocycles. The fraction of sp³-hybridized carbons (Fsp3) is 0.538. The Balaban J connectivity index is 2.08. The molecule has 76 valence electrons. The van der Waals surface area contributed by atoms with Crippen molar-refractivity contribution in [3.05, 3.63) is 35.4 Å². The molecule has 1 heteroatoms. The zero-order valence-electron chi connectivity index (χ0n) is 8.92. The summed E-state index contributed by atoms with van der Waals surface area (Å²) < 4.78 is 0. The van der Waals surface area contributed by atoms with Crippen molar-refractivity contribution in [1.82, 2.24) is 5.32 Å². The zero-order valence-corrected chi connectivity index (χ0v) is 8.92. The van der Waals surface area contributed by atoms with Crippen molar-refractivity contribution in [2.45, 2.75) is 32.1 Å². The van der Waals surface area contributed by atoms with Gasteiger partial charge < -0.3 is 5.32 Å². The minimum Gasteiger partial charge on any atom is -0.317 e. The second-order valence-electron chi connectivity index (χ2n) is 4.29. The number of benzene rings is 1. The number of rotatable bonds is 1. The molecule has 14 heavy (non-hydrogen) atoms. The van der Waals surface area contributed by atoms with Gasteiger partial charge in [-0.2, -0.15) is 0 Å². The fourth-order valence-electron chi connectivity index (χ4n) is 2.19. The Morgan fingerprint density at radius 3 is 2.64 bits per heavy atom. The van der Waals surface area contributed by atoms with Gasteiger partial charge >= 0.3 is 0 Å². The first-order valence-electron chi connectivity index (χ1n) is 5.63. The van der Waals surface area contributed by atoms with E-state index in [1.54, 1.807) is 0 Å². The third kappa shape index (κ3) is 2.36. The maximum absolute atomic E-state index is 3.46. The van der Waals surface area contributed by atoms with Crippen molar-refractivity contribution in [3.8, 4) is 0 Å². The standard InChI is InChI=1S/C13H19N/c1-11-4-6-13(7-5-11)12-3-2-9-14-10-8-12/h4-7,12,14H,2-3,8-10H2,1H3. The van der Waals surface area contributed by atoms with Gasteiger partial charge in [0.2, 0.25) is 0 Å². The minimum absolute atomic E-state index is 0.783. The highest BCUT2D eigenvalue weighted by Crippen LogP contribution is 2.25. The van der Waals surface area contributed by atoms with Gasteiger partial charge in [0.15, 0.2) is 0 Å². The molecular weight excluding hydrogens is 170 g/mol. The number of nitrogens with one attached hydrogen (secondary N) is 1. The smallest absolute Gasteiger partial charge is 0.00431 e. The number of aryl methyl sites for hydroxylation is 1. The van der Waals surface area contributed by atoms with Crippen LogP contribution in [0.4, 0.5) is 0 Å². The summed E-state index contributed by atoms with van der Waals surface area (Å²) in [6.45, 7) is 4.53. The molecule has 0 aliphatic carbocycles. The highest BCUT2D eigenvalue weighted by molar-refractivity contribution is 5.24. The molecule has 0 amide bonds. The average molecular weight is 189 g/mol. The molecular formula is C13H19N. The van der Waals surface area contributed by atoms with E-state index in [4.69, 9.17) is 0 Å². The Labute approximate surface area is 86.5 Å².